The molecule has 0 aliphatic carbocycles. The molecule has 1 atom stereocenters. The van der Waals surface area contributed by atoms with Crippen molar-refractivity contribution < 1.29 is 8.78 Å². The third-order valence-corrected chi connectivity index (χ3v) is 4.05. The number of piperidine rings is 1. The van der Waals surface area contributed by atoms with Gasteiger partial charge in [0.05, 0.1) is 0 Å². The zero-order valence-electron chi connectivity index (χ0n) is 10.3. The van der Waals surface area contributed by atoms with E-state index in [2.05, 4.69) is 20.8 Å². The van der Waals surface area contributed by atoms with Crippen LogP contribution in [0.1, 0.15) is 31.2 Å². The largest absolute Gasteiger partial charge is 0.296 e. The van der Waals surface area contributed by atoms with Gasteiger partial charge in [0, 0.05) is 23.5 Å². The van der Waals surface area contributed by atoms with Gasteiger partial charge in [-0.2, -0.15) is 0 Å². The second-order valence-corrected chi connectivity index (χ2v) is 5.60. The smallest absolute Gasteiger partial charge is 0.163 e. The van der Waals surface area contributed by atoms with Gasteiger partial charge in [0.15, 0.2) is 11.6 Å². The second-order valence-electron chi connectivity index (χ2n) is 4.81. The summed E-state index contributed by atoms with van der Waals surface area (Å²) >= 11 is 3.46. The lowest BCUT2D eigenvalue weighted by Crippen LogP contribution is -2.39. The van der Waals surface area contributed by atoms with Crippen LogP contribution in [0, 0.1) is 11.6 Å². The van der Waals surface area contributed by atoms with Gasteiger partial charge < -0.3 is 0 Å². The molecule has 1 fully saturated rings. The Hall–Kier alpha value is -0.480. The summed E-state index contributed by atoms with van der Waals surface area (Å²) < 4.78 is 26.8. The average Bonchev–Trinajstić information content (AvgIpc) is 2.37. The minimum atomic E-state index is -0.749. The predicted octanol–water partition coefficient (Wildman–Crippen LogP) is 4.10. The van der Waals surface area contributed by atoms with Gasteiger partial charge in [0.25, 0.3) is 0 Å². The highest BCUT2D eigenvalue weighted by molar-refractivity contribution is 9.09. The van der Waals surface area contributed by atoms with E-state index in [1.807, 2.05) is 0 Å². The molecule has 1 aliphatic rings. The quantitative estimate of drug-likeness (QED) is 0.756. The molecule has 0 N–H and O–H groups in total. The van der Waals surface area contributed by atoms with Crippen molar-refractivity contribution in [3.63, 3.8) is 0 Å². The molecule has 1 aromatic carbocycles. The van der Waals surface area contributed by atoms with Gasteiger partial charge >= 0.3 is 0 Å². The normalized spacial score (nSPS) is 21.2. The summed E-state index contributed by atoms with van der Waals surface area (Å²) in [7, 11) is 0. The van der Waals surface area contributed by atoms with E-state index in [0.29, 0.717) is 18.2 Å². The van der Waals surface area contributed by atoms with E-state index in [4.69, 9.17) is 0 Å². The zero-order chi connectivity index (χ0) is 13.0. The molecule has 1 nitrogen and oxygen atoms in total. The van der Waals surface area contributed by atoms with Crippen LogP contribution in [0.25, 0.3) is 0 Å². The van der Waals surface area contributed by atoms with E-state index in [9.17, 15) is 8.78 Å². The Labute approximate surface area is 115 Å². The fourth-order valence-electron chi connectivity index (χ4n) is 2.61. The van der Waals surface area contributed by atoms with Crippen LogP contribution in [0.2, 0.25) is 0 Å². The average molecular weight is 318 g/mol. The molecular formula is C14H18BrF2N. The van der Waals surface area contributed by atoms with Gasteiger partial charge in [-0.1, -0.05) is 34.5 Å². The molecule has 4 heteroatoms. The Balaban J connectivity index is 2.08. The zero-order valence-corrected chi connectivity index (χ0v) is 11.9. The highest BCUT2D eigenvalue weighted by atomic mass is 79.9. The minimum absolute atomic E-state index is 0.469. The van der Waals surface area contributed by atoms with E-state index in [1.54, 1.807) is 12.1 Å². The van der Waals surface area contributed by atoms with Crippen molar-refractivity contribution in [3.8, 4) is 0 Å². The summed E-state index contributed by atoms with van der Waals surface area (Å²) in [4.78, 5) is 2.28. The van der Waals surface area contributed by atoms with Crippen molar-refractivity contribution in [2.24, 2.45) is 0 Å². The first-order chi connectivity index (χ1) is 8.72. The van der Waals surface area contributed by atoms with Crippen molar-refractivity contribution in [2.45, 2.75) is 38.3 Å². The molecule has 0 radical (unpaired) electrons. The standard InChI is InChI=1S/C14H18BrF2N/c15-8-7-12-5-1-2-9-18(12)10-11-4-3-6-13(16)14(11)17/h3-4,6,12H,1-2,5,7-10H2. The highest BCUT2D eigenvalue weighted by Gasteiger charge is 2.23. The number of hydrogen-bond acceptors (Lipinski definition) is 1. The third-order valence-electron chi connectivity index (χ3n) is 3.60. The Morgan fingerprint density at radius 2 is 2.11 bits per heavy atom. The monoisotopic (exact) mass is 317 g/mol. The fraction of sp³-hybridized carbons (Fsp3) is 0.571. The molecule has 0 spiro atoms. The number of rotatable bonds is 4. The number of benzene rings is 1. The van der Waals surface area contributed by atoms with E-state index in [1.165, 1.54) is 12.5 Å². The lowest BCUT2D eigenvalue weighted by molar-refractivity contribution is 0.135. The van der Waals surface area contributed by atoms with Crippen molar-refractivity contribution >= 4 is 15.9 Å². The van der Waals surface area contributed by atoms with Gasteiger partial charge in [-0.05, 0) is 31.9 Å². The Kier molecular flexibility index (Phi) is 5.13. The lowest BCUT2D eigenvalue weighted by Gasteiger charge is -2.35. The molecule has 100 valence electrons. The van der Waals surface area contributed by atoms with Crippen LogP contribution in [0.5, 0.6) is 0 Å². The third kappa shape index (κ3) is 3.29. The van der Waals surface area contributed by atoms with E-state index in [0.717, 1.165) is 31.1 Å². The molecule has 0 bridgehead atoms. The molecule has 1 unspecified atom stereocenters. The van der Waals surface area contributed by atoms with E-state index >= 15 is 0 Å². The number of alkyl halides is 1. The first kappa shape index (κ1) is 13.9. The topological polar surface area (TPSA) is 3.24 Å². The fourth-order valence-corrected chi connectivity index (χ4v) is 3.14. The van der Waals surface area contributed by atoms with Crippen molar-refractivity contribution in [1.82, 2.24) is 4.90 Å². The van der Waals surface area contributed by atoms with E-state index in [-0.39, 0.29) is 0 Å². The predicted molar refractivity (Wildman–Crippen MR) is 72.8 cm³/mol. The van der Waals surface area contributed by atoms with Crippen molar-refractivity contribution in [2.75, 3.05) is 11.9 Å². The van der Waals surface area contributed by atoms with Crippen LogP contribution in [0.15, 0.2) is 18.2 Å². The molecule has 1 heterocycles. The molecule has 1 aliphatic heterocycles. The second kappa shape index (κ2) is 6.62. The lowest BCUT2D eigenvalue weighted by atomic mass is 9.99. The SMILES string of the molecule is Fc1cccc(CN2CCCCC2CCBr)c1F. The van der Waals surface area contributed by atoms with E-state index < -0.39 is 11.6 Å². The van der Waals surface area contributed by atoms with Crippen LogP contribution in [-0.4, -0.2) is 22.8 Å². The van der Waals surface area contributed by atoms with Crippen LogP contribution in [0.3, 0.4) is 0 Å². The molecule has 0 amide bonds. The van der Waals surface area contributed by atoms with Gasteiger partial charge in [0.1, 0.15) is 0 Å². The van der Waals surface area contributed by atoms with Gasteiger partial charge in [-0.25, -0.2) is 8.78 Å². The summed E-state index contributed by atoms with van der Waals surface area (Å²) in [5.41, 5.74) is 0.469. The first-order valence-corrected chi connectivity index (χ1v) is 7.57. The van der Waals surface area contributed by atoms with Crippen molar-refractivity contribution in [3.05, 3.63) is 35.4 Å². The molecule has 1 aromatic rings. The number of hydrogen-bond donors (Lipinski definition) is 0. The molecule has 18 heavy (non-hydrogen) atoms. The molecular weight excluding hydrogens is 300 g/mol. The maximum absolute atomic E-state index is 13.7. The summed E-state index contributed by atoms with van der Waals surface area (Å²) in [5, 5.41) is 0.958. The van der Waals surface area contributed by atoms with Gasteiger partial charge in [-0.3, -0.25) is 4.90 Å². The molecule has 2 rings (SSSR count). The van der Waals surface area contributed by atoms with Crippen LogP contribution in [0.4, 0.5) is 8.78 Å². The molecule has 0 saturated carbocycles. The Morgan fingerprint density at radius 3 is 2.89 bits per heavy atom. The number of likely N-dealkylation sites (tertiary alicyclic amines) is 1. The van der Waals surface area contributed by atoms with Crippen molar-refractivity contribution in [1.29, 1.82) is 0 Å². The van der Waals surface area contributed by atoms with Gasteiger partial charge in [0.2, 0.25) is 0 Å². The number of halogens is 3. The number of nitrogens with zero attached hydrogens (tertiary/aromatic N) is 1. The van der Waals surface area contributed by atoms with Crippen LogP contribution >= 0.6 is 15.9 Å². The summed E-state index contributed by atoms with van der Waals surface area (Å²) in [5.74, 6) is -1.44. The van der Waals surface area contributed by atoms with Gasteiger partial charge in [-0.15, -0.1) is 0 Å². The Bertz CT molecular complexity index is 395. The molecule has 1 saturated heterocycles. The summed E-state index contributed by atoms with van der Waals surface area (Å²) in [6.07, 6.45) is 4.61. The van der Waals surface area contributed by atoms with Crippen LogP contribution in [-0.2, 0) is 6.54 Å². The minimum Gasteiger partial charge on any atom is -0.296 e. The maximum Gasteiger partial charge on any atom is 0.163 e. The maximum atomic E-state index is 13.7. The molecule has 0 aromatic heterocycles. The summed E-state index contributed by atoms with van der Waals surface area (Å²) in [6, 6.07) is 4.92. The summed E-state index contributed by atoms with van der Waals surface area (Å²) in [6.45, 7) is 1.49. The van der Waals surface area contributed by atoms with Crippen LogP contribution < -0.4 is 0 Å². The first-order valence-electron chi connectivity index (χ1n) is 6.45. The highest BCUT2D eigenvalue weighted by Crippen LogP contribution is 2.23. The Morgan fingerprint density at radius 1 is 1.28 bits per heavy atom.